The summed E-state index contributed by atoms with van der Waals surface area (Å²) >= 11 is 0. The second kappa shape index (κ2) is 6.25. The van der Waals surface area contributed by atoms with Gasteiger partial charge in [0.25, 0.3) is 0 Å². The topological polar surface area (TPSA) is 29.3 Å². The van der Waals surface area contributed by atoms with E-state index in [2.05, 4.69) is 25.7 Å². The molecule has 18 heavy (non-hydrogen) atoms. The second-order valence-electron chi connectivity index (χ2n) is 5.20. The van der Waals surface area contributed by atoms with E-state index in [1.807, 2.05) is 7.05 Å². The predicted molar refractivity (Wildman–Crippen MR) is 70.2 cm³/mol. The molecule has 0 aliphatic carbocycles. The van der Waals surface area contributed by atoms with Crippen LogP contribution >= 0.6 is 0 Å². The van der Waals surface area contributed by atoms with Crippen molar-refractivity contribution in [1.29, 1.82) is 0 Å². The van der Waals surface area contributed by atoms with Crippen LogP contribution in [-0.4, -0.2) is 24.5 Å². The molecule has 1 aromatic rings. The Morgan fingerprint density at radius 1 is 1.17 bits per heavy atom. The molecule has 0 spiro atoms. The Kier molecular flexibility index (Phi) is 5.23. The van der Waals surface area contributed by atoms with Gasteiger partial charge in [0.2, 0.25) is 0 Å². The van der Waals surface area contributed by atoms with Crippen LogP contribution in [0.25, 0.3) is 0 Å². The number of hydrogen-bond donors (Lipinski definition) is 1. The molecule has 0 bridgehead atoms. The molecular formula is C14H22F2N2. The van der Waals surface area contributed by atoms with Gasteiger partial charge in [-0.1, -0.05) is 19.9 Å². The molecule has 0 saturated carbocycles. The molecule has 0 aliphatic heterocycles. The van der Waals surface area contributed by atoms with Crippen molar-refractivity contribution in [2.24, 2.45) is 11.7 Å². The molecule has 0 radical (unpaired) electrons. The quantitative estimate of drug-likeness (QED) is 0.877. The number of nitrogens with zero attached hydrogens (tertiary/aromatic N) is 1. The highest BCUT2D eigenvalue weighted by atomic mass is 19.2. The van der Waals surface area contributed by atoms with Crippen molar-refractivity contribution in [3.63, 3.8) is 0 Å². The first-order valence-corrected chi connectivity index (χ1v) is 6.23. The van der Waals surface area contributed by atoms with Crippen molar-refractivity contribution >= 4 is 0 Å². The van der Waals surface area contributed by atoms with Gasteiger partial charge in [-0.2, -0.15) is 0 Å². The van der Waals surface area contributed by atoms with Gasteiger partial charge in [0, 0.05) is 18.6 Å². The third-order valence-corrected chi connectivity index (χ3v) is 3.52. The van der Waals surface area contributed by atoms with Crippen LogP contribution in [0.4, 0.5) is 8.78 Å². The largest absolute Gasteiger partial charge is 0.323 e. The fourth-order valence-corrected chi connectivity index (χ4v) is 1.83. The summed E-state index contributed by atoms with van der Waals surface area (Å²) in [6, 6.07) is 3.91. The molecule has 0 aliphatic rings. The van der Waals surface area contributed by atoms with Crippen molar-refractivity contribution in [3.05, 3.63) is 35.4 Å². The maximum atomic E-state index is 13.1. The van der Waals surface area contributed by atoms with Crippen molar-refractivity contribution in [2.45, 2.75) is 32.9 Å². The first kappa shape index (κ1) is 15.1. The molecule has 2 nitrogen and oxygen atoms in total. The Hall–Kier alpha value is -1.00. The van der Waals surface area contributed by atoms with E-state index in [1.54, 1.807) is 0 Å². The minimum Gasteiger partial charge on any atom is -0.323 e. The number of nitrogens with two attached hydrogens (primary N) is 1. The van der Waals surface area contributed by atoms with E-state index < -0.39 is 11.6 Å². The standard InChI is InChI=1S/C14H22F2N2/c1-9(2)10(3)18(4)8-14(17)11-5-6-12(15)13(16)7-11/h5-7,9-10,14H,8,17H2,1-4H3. The van der Waals surface area contributed by atoms with Gasteiger partial charge in [0.05, 0.1) is 0 Å². The van der Waals surface area contributed by atoms with Gasteiger partial charge in [0.15, 0.2) is 11.6 Å². The molecule has 0 aromatic heterocycles. The average Bonchev–Trinajstić information content (AvgIpc) is 2.31. The fraction of sp³-hybridized carbons (Fsp3) is 0.571. The van der Waals surface area contributed by atoms with Crippen molar-refractivity contribution in [2.75, 3.05) is 13.6 Å². The first-order chi connectivity index (χ1) is 8.32. The van der Waals surface area contributed by atoms with Crippen LogP contribution < -0.4 is 5.73 Å². The molecule has 4 heteroatoms. The summed E-state index contributed by atoms with van der Waals surface area (Å²) in [6.45, 7) is 7.03. The zero-order valence-electron chi connectivity index (χ0n) is 11.5. The SMILES string of the molecule is CC(C)C(C)N(C)CC(N)c1ccc(F)c(F)c1. The minimum atomic E-state index is -0.845. The lowest BCUT2D eigenvalue weighted by Crippen LogP contribution is -2.38. The number of benzene rings is 1. The molecule has 2 unspecified atom stereocenters. The van der Waals surface area contributed by atoms with E-state index in [4.69, 9.17) is 5.73 Å². The van der Waals surface area contributed by atoms with E-state index in [-0.39, 0.29) is 6.04 Å². The Labute approximate surface area is 108 Å². The maximum absolute atomic E-state index is 13.1. The van der Waals surface area contributed by atoms with Gasteiger partial charge in [0.1, 0.15) is 0 Å². The molecule has 0 fully saturated rings. The van der Waals surface area contributed by atoms with Crippen LogP contribution in [0.5, 0.6) is 0 Å². The van der Waals surface area contributed by atoms with Crippen LogP contribution in [0.15, 0.2) is 18.2 Å². The fourth-order valence-electron chi connectivity index (χ4n) is 1.83. The van der Waals surface area contributed by atoms with Gasteiger partial charge >= 0.3 is 0 Å². The lowest BCUT2D eigenvalue weighted by Gasteiger charge is -2.30. The number of rotatable bonds is 5. The van der Waals surface area contributed by atoms with Crippen molar-refractivity contribution < 1.29 is 8.78 Å². The highest BCUT2D eigenvalue weighted by Crippen LogP contribution is 2.17. The smallest absolute Gasteiger partial charge is 0.159 e. The normalized spacial score (nSPS) is 15.2. The zero-order chi connectivity index (χ0) is 13.9. The van der Waals surface area contributed by atoms with E-state index in [0.717, 1.165) is 6.07 Å². The Morgan fingerprint density at radius 3 is 2.28 bits per heavy atom. The summed E-state index contributed by atoms with van der Waals surface area (Å²) in [5, 5.41) is 0. The highest BCUT2D eigenvalue weighted by molar-refractivity contribution is 5.21. The highest BCUT2D eigenvalue weighted by Gasteiger charge is 2.17. The second-order valence-corrected chi connectivity index (χ2v) is 5.20. The molecule has 102 valence electrons. The molecular weight excluding hydrogens is 234 g/mol. The van der Waals surface area contributed by atoms with Crippen LogP contribution in [0.3, 0.4) is 0 Å². The summed E-state index contributed by atoms with van der Waals surface area (Å²) < 4.78 is 26.0. The molecule has 2 atom stereocenters. The van der Waals surface area contributed by atoms with Gasteiger partial charge in [-0.3, -0.25) is 0 Å². The van der Waals surface area contributed by atoms with Crippen molar-refractivity contribution in [3.8, 4) is 0 Å². The van der Waals surface area contributed by atoms with E-state index in [0.29, 0.717) is 24.1 Å². The Bertz CT molecular complexity index is 393. The zero-order valence-corrected chi connectivity index (χ0v) is 11.5. The number of halogens is 2. The van der Waals surface area contributed by atoms with Crippen LogP contribution in [0.1, 0.15) is 32.4 Å². The summed E-state index contributed by atoms with van der Waals surface area (Å²) in [4.78, 5) is 2.14. The Balaban J connectivity index is 2.70. The molecule has 0 saturated heterocycles. The number of hydrogen-bond acceptors (Lipinski definition) is 2. The molecule has 1 aromatic carbocycles. The summed E-state index contributed by atoms with van der Waals surface area (Å²) in [5.41, 5.74) is 6.64. The van der Waals surface area contributed by atoms with Crippen molar-refractivity contribution in [1.82, 2.24) is 4.90 Å². The lowest BCUT2D eigenvalue weighted by atomic mass is 10.0. The Morgan fingerprint density at radius 2 is 1.78 bits per heavy atom. The third kappa shape index (κ3) is 3.75. The first-order valence-electron chi connectivity index (χ1n) is 6.23. The van der Waals surface area contributed by atoms with E-state index in [1.165, 1.54) is 12.1 Å². The summed E-state index contributed by atoms with van der Waals surface area (Å²) in [7, 11) is 1.99. The average molecular weight is 256 g/mol. The van der Waals surface area contributed by atoms with Crippen LogP contribution in [0.2, 0.25) is 0 Å². The molecule has 0 amide bonds. The van der Waals surface area contributed by atoms with Gasteiger partial charge in [-0.05, 0) is 37.6 Å². The van der Waals surface area contributed by atoms with Crippen LogP contribution in [-0.2, 0) is 0 Å². The number of likely N-dealkylation sites (N-methyl/N-ethyl adjacent to an activating group) is 1. The molecule has 2 N–H and O–H groups in total. The molecule has 1 rings (SSSR count). The van der Waals surface area contributed by atoms with Gasteiger partial charge in [-0.15, -0.1) is 0 Å². The maximum Gasteiger partial charge on any atom is 0.159 e. The predicted octanol–water partition coefficient (Wildman–Crippen LogP) is 2.94. The minimum absolute atomic E-state index is 0.314. The third-order valence-electron chi connectivity index (χ3n) is 3.52. The van der Waals surface area contributed by atoms with Gasteiger partial charge in [-0.25, -0.2) is 8.78 Å². The van der Waals surface area contributed by atoms with E-state index >= 15 is 0 Å². The van der Waals surface area contributed by atoms with Crippen LogP contribution in [0, 0.1) is 17.6 Å². The monoisotopic (exact) mass is 256 g/mol. The van der Waals surface area contributed by atoms with Gasteiger partial charge < -0.3 is 10.6 Å². The van der Waals surface area contributed by atoms with E-state index in [9.17, 15) is 8.78 Å². The summed E-state index contributed by atoms with van der Waals surface area (Å²) in [6.07, 6.45) is 0. The molecule has 0 heterocycles. The lowest BCUT2D eigenvalue weighted by molar-refractivity contribution is 0.197. The summed E-state index contributed by atoms with van der Waals surface area (Å²) in [5.74, 6) is -1.16.